The van der Waals surface area contributed by atoms with Crippen molar-refractivity contribution >= 4 is 23.6 Å². The first-order valence-corrected chi connectivity index (χ1v) is 8.83. The fraction of sp³-hybridized carbons (Fsp3) is 0.0952. The van der Waals surface area contributed by atoms with E-state index >= 15 is 0 Å². The van der Waals surface area contributed by atoms with Gasteiger partial charge in [-0.3, -0.25) is 0 Å². The topological polar surface area (TPSA) is 88.1 Å². The van der Waals surface area contributed by atoms with Gasteiger partial charge in [0.2, 0.25) is 0 Å². The van der Waals surface area contributed by atoms with Crippen molar-refractivity contribution in [3.05, 3.63) is 70.9 Å². The number of nitrogens with zero attached hydrogens (tertiary/aromatic N) is 3. The van der Waals surface area contributed by atoms with Gasteiger partial charge in [0.05, 0.1) is 18.0 Å². The molecule has 0 fully saturated rings. The molecular weight excluding hydrogens is 378 g/mol. The number of ether oxygens (including phenoxy) is 1. The van der Waals surface area contributed by atoms with Gasteiger partial charge in [0.25, 0.3) is 0 Å². The van der Waals surface area contributed by atoms with Gasteiger partial charge in [-0.25, -0.2) is 9.48 Å². The highest BCUT2D eigenvalue weighted by Crippen LogP contribution is 2.28. The summed E-state index contributed by atoms with van der Waals surface area (Å²) < 4.78 is 7.07. The summed E-state index contributed by atoms with van der Waals surface area (Å²) in [4.78, 5) is 11.3. The molecule has 0 aliphatic rings. The van der Waals surface area contributed by atoms with Gasteiger partial charge in [0, 0.05) is 22.3 Å². The third kappa shape index (κ3) is 4.22. The zero-order valence-corrected chi connectivity index (χ0v) is 15.7. The van der Waals surface area contributed by atoms with Crippen molar-refractivity contribution in [3.8, 4) is 28.8 Å². The highest BCUT2D eigenvalue weighted by atomic mass is 35.5. The fourth-order valence-corrected chi connectivity index (χ4v) is 2.74. The van der Waals surface area contributed by atoms with Crippen LogP contribution in [-0.4, -0.2) is 27.5 Å². The lowest BCUT2D eigenvalue weighted by Crippen LogP contribution is -1.97. The SMILES string of the molecule is CCOc1ccc(-c2nn(-c3ccc(Cl)cc3)cc2/C=C(\C#N)C(=O)O)cc1. The van der Waals surface area contributed by atoms with E-state index in [1.54, 1.807) is 41.2 Å². The van der Waals surface area contributed by atoms with E-state index in [0.717, 1.165) is 17.0 Å². The number of carboxylic acids is 1. The first-order chi connectivity index (χ1) is 13.5. The van der Waals surface area contributed by atoms with Gasteiger partial charge < -0.3 is 9.84 Å². The Hall–Kier alpha value is -3.56. The molecule has 0 aliphatic carbocycles. The van der Waals surface area contributed by atoms with Gasteiger partial charge in [-0.1, -0.05) is 11.6 Å². The van der Waals surface area contributed by atoms with E-state index in [1.807, 2.05) is 31.2 Å². The highest BCUT2D eigenvalue weighted by molar-refractivity contribution is 6.30. The van der Waals surface area contributed by atoms with Crippen LogP contribution < -0.4 is 4.74 Å². The van der Waals surface area contributed by atoms with Gasteiger partial charge in [0.15, 0.2) is 0 Å². The van der Waals surface area contributed by atoms with E-state index in [2.05, 4.69) is 5.10 Å². The number of aliphatic carboxylic acids is 1. The van der Waals surface area contributed by atoms with Crippen LogP contribution in [0.25, 0.3) is 23.0 Å². The maximum absolute atomic E-state index is 11.3. The number of carboxylic acid groups (broad SMARTS) is 1. The fourth-order valence-electron chi connectivity index (χ4n) is 2.62. The second kappa shape index (κ2) is 8.42. The molecule has 0 aliphatic heterocycles. The molecule has 1 heterocycles. The van der Waals surface area contributed by atoms with Crippen LogP contribution >= 0.6 is 11.6 Å². The Labute approximate surface area is 166 Å². The Balaban J connectivity index is 2.11. The first kappa shape index (κ1) is 19.2. The molecule has 1 aromatic heterocycles. The molecule has 0 spiro atoms. The second-order valence-corrected chi connectivity index (χ2v) is 6.22. The Morgan fingerprint density at radius 2 is 1.93 bits per heavy atom. The standard InChI is InChI=1S/C21H16ClN3O3/c1-2-28-19-9-3-14(4-10-19)20-16(11-15(12-23)21(26)27)13-25(24-20)18-7-5-17(22)6-8-18/h3-11,13H,2H2,1H3,(H,26,27)/b15-11+. The quantitative estimate of drug-likeness (QED) is 0.489. The molecule has 1 N–H and O–H groups in total. The first-order valence-electron chi connectivity index (χ1n) is 8.45. The van der Waals surface area contributed by atoms with Crippen LogP contribution in [-0.2, 0) is 4.79 Å². The predicted octanol–water partition coefficient (Wildman–Crippen LogP) is 4.58. The lowest BCUT2D eigenvalue weighted by Gasteiger charge is -2.04. The van der Waals surface area contributed by atoms with E-state index < -0.39 is 5.97 Å². The summed E-state index contributed by atoms with van der Waals surface area (Å²) in [7, 11) is 0. The molecule has 0 amide bonds. The van der Waals surface area contributed by atoms with Crippen molar-refractivity contribution in [2.75, 3.05) is 6.61 Å². The smallest absolute Gasteiger partial charge is 0.346 e. The largest absolute Gasteiger partial charge is 0.494 e. The van der Waals surface area contributed by atoms with Crippen molar-refractivity contribution in [3.63, 3.8) is 0 Å². The number of rotatable bonds is 6. The average Bonchev–Trinajstić information content (AvgIpc) is 3.11. The van der Waals surface area contributed by atoms with Crippen molar-refractivity contribution in [1.29, 1.82) is 5.26 Å². The summed E-state index contributed by atoms with van der Waals surface area (Å²) >= 11 is 5.94. The summed E-state index contributed by atoms with van der Waals surface area (Å²) in [5.74, 6) is -0.567. The normalized spacial score (nSPS) is 11.1. The molecule has 2 aromatic carbocycles. The zero-order chi connectivity index (χ0) is 20.1. The monoisotopic (exact) mass is 393 g/mol. The summed E-state index contributed by atoms with van der Waals surface area (Å²) in [5, 5.41) is 23.5. The van der Waals surface area contributed by atoms with Crippen molar-refractivity contribution in [2.24, 2.45) is 0 Å². The summed E-state index contributed by atoms with van der Waals surface area (Å²) in [6, 6.07) is 16.1. The molecule has 7 heteroatoms. The maximum Gasteiger partial charge on any atom is 0.346 e. The third-order valence-corrected chi connectivity index (χ3v) is 4.18. The van der Waals surface area contributed by atoms with Gasteiger partial charge in [-0.15, -0.1) is 0 Å². The summed E-state index contributed by atoms with van der Waals surface area (Å²) in [5.41, 5.74) is 2.21. The van der Waals surface area contributed by atoms with Crippen LogP contribution in [0.1, 0.15) is 12.5 Å². The minimum absolute atomic E-state index is 0.372. The molecular formula is C21H16ClN3O3. The number of benzene rings is 2. The molecule has 0 saturated heterocycles. The van der Waals surface area contributed by atoms with Gasteiger partial charge >= 0.3 is 5.97 Å². The predicted molar refractivity (Wildman–Crippen MR) is 106 cm³/mol. The number of hydrogen-bond acceptors (Lipinski definition) is 4. The number of nitriles is 1. The zero-order valence-electron chi connectivity index (χ0n) is 15.0. The molecule has 3 aromatic rings. The minimum Gasteiger partial charge on any atom is -0.494 e. The van der Waals surface area contributed by atoms with E-state index in [9.17, 15) is 9.90 Å². The van der Waals surface area contributed by atoms with Crippen molar-refractivity contribution < 1.29 is 14.6 Å². The lowest BCUT2D eigenvalue weighted by atomic mass is 10.1. The molecule has 3 rings (SSSR count). The van der Waals surface area contributed by atoms with Crippen LogP contribution in [0.4, 0.5) is 0 Å². The third-order valence-electron chi connectivity index (χ3n) is 3.92. The van der Waals surface area contributed by atoms with E-state index in [-0.39, 0.29) is 5.57 Å². The van der Waals surface area contributed by atoms with Crippen LogP contribution in [0.15, 0.2) is 60.3 Å². The van der Waals surface area contributed by atoms with E-state index in [0.29, 0.717) is 22.9 Å². The molecule has 6 nitrogen and oxygen atoms in total. The number of halogens is 1. The minimum atomic E-state index is -1.29. The summed E-state index contributed by atoms with van der Waals surface area (Å²) in [6.07, 6.45) is 2.99. The van der Waals surface area contributed by atoms with Gasteiger partial charge in [-0.2, -0.15) is 10.4 Å². The van der Waals surface area contributed by atoms with E-state index in [4.69, 9.17) is 21.6 Å². The van der Waals surface area contributed by atoms with Crippen LogP contribution in [0, 0.1) is 11.3 Å². The van der Waals surface area contributed by atoms with E-state index in [1.165, 1.54) is 6.08 Å². The molecule has 140 valence electrons. The maximum atomic E-state index is 11.3. The number of carbonyl (C=O) groups is 1. The lowest BCUT2D eigenvalue weighted by molar-refractivity contribution is -0.132. The number of aromatic nitrogens is 2. The second-order valence-electron chi connectivity index (χ2n) is 5.79. The molecule has 0 bridgehead atoms. The van der Waals surface area contributed by atoms with Crippen LogP contribution in [0.3, 0.4) is 0 Å². The Morgan fingerprint density at radius 3 is 2.50 bits per heavy atom. The van der Waals surface area contributed by atoms with Crippen LogP contribution in [0.5, 0.6) is 5.75 Å². The summed E-state index contributed by atoms with van der Waals surface area (Å²) in [6.45, 7) is 2.46. The van der Waals surface area contributed by atoms with Crippen molar-refractivity contribution in [1.82, 2.24) is 9.78 Å². The number of hydrogen-bond donors (Lipinski definition) is 1. The van der Waals surface area contributed by atoms with Gasteiger partial charge in [0.1, 0.15) is 17.4 Å². The Kier molecular flexibility index (Phi) is 5.78. The highest BCUT2D eigenvalue weighted by Gasteiger charge is 2.14. The molecule has 0 saturated carbocycles. The Bertz CT molecular complexity index is 1060. The average molecular weight is 394 g/mol. The molecule has 0 atom stereocenters. The van der Waals surface area contributed by atoms with Gasteiger partial charge in [-0.05, 0) is 61.5 Å². The molecule has 28 heavy (non-hydrogen) atoms. The molecule has 0 radical (unpaired) electrons. The molecule has 0 unspecified atom stereocenters. The van der Waals surface area contributed by atoms with Crippen LogP contribution in [0.2, 0.25) is 5.02 Å². The Morgan fingerprint density at radius 1 is 1.25 bits per heavy atom. The van der Waals surface area contributed by atoms with Crippen molar-refractivity contribution in [2.45, 2.75) is 6.92 Å².